The van der Waals surface area contributed by atoms with Crippen LogP contribution in [0.3, 0.4) is 0 Å². The summed E-state index contributed by atoms with van der Waals surface area (Å²) >= 11 is 4.64. The number of anilines is 1. The predicted molar refractivity (Wildman–Crippen MR) is 167 cm³/mol. The second-order valence-electron chi connectivity index (χ2n) is 9.76. The highest BCUT2D eigenvalue weighted by atomic mass is 35.5. The molecular formula is C33H44ClN4O3+. The molecule has 1 aromatic heterocycles. The number of allylic oxidation sites excluding steroid dienone is 5. The van der Waals surface area contributed by atoms with E-state index in [4.69, 9.17) is 15.0 Å². The Labute approximate surface area is 249 Å². The molecule has 0 saturated carbocycles. The Kier molecular flexibility index (Phi) is 15.2. The molecule has 3 N–H and O–H groups in total. The fourth-order valence-electron chi connectivity index (χ4n) is 4.63. The molecule has 0 spiro atoms. The zero-order valence-electron chi connectivity index (χ0n) is 24.7. The van der Waals surface area contributed by atoms with E-state index in [1.807, 2.05) is 86.7 Å². The van der Waals surface area contributed by atoms with E-state index in [-0.39, 0.29) is 12.1 Å². The fraction of sp³-hybridized carbons (Fsp3) is 0.364. The zero-order valence-corrected chi connectivity index (χ0v) is 25.4. The number of nitrogen functional groups attached to an aromatic ring is 1. The first-order chi connectivity index (χ1) is 19.9. The van der Waals surface area contributed by atoms with E-state index < -0.39 is 0 Å². The monoisotopic (exact) mass is 579 g/mol. The van der Waals surface area contributed by atoms with Gasteiger partial charge in [-0.25, -0.2) is 0 Å². The second-order valence-corrected chi connectivity index (χ2v) is 9.76. The lowest BCUT2D eigenvalue weighted by molar-refractivity contribution is -0.923. The number of hydrogen-bond donors (Lipinski definition) is 2. The first-order valence-corrected chi connectivity index (χ1v) is 14.7. The van der Waals surface area contributed by atoms with Crippen molar-refractivity contribution >= 4 is 28.8 Å². The summed E-state index contributed by atoms with van der Waals surface area (Å²) in [5.41, 5.74) is 9.35. The van der Waals surface area contributed by atoms with Crippen molar-refractivity contribution in [2.45, 2.75) is 52.7 Å². The van der Waals surface area contributed by atoms with Crippen LogP contribution in [-0.4, -0.2) is 41.7 Å². The lowest BCUT2D eigenvalue weighted by atomic mass is 9.91. The molecule has 8 heteroatoms. The summed E-state index contributed by atoms with van der Waals surface area (Å²) in [6, 6.07) is 17.5. The minimum Gasteiger partial charge on any atom is -0.456 e. The summed E-state index contributed by atoms with van der Waals surface area (Å²) in [7, 11) is 0. The minimum absolute atomic E-state index is 0.0874. The van der Waals surface area contributed by atoms with Gasteiger partial charge < -0.3 is 19.9 Å². The topological polar surface area (TPSA) is 95.7 Å². The average Bonchev–Trinajstić information content (AvgIpc) is 3.45. The Morgan fingerprint density at radius 3 is 2.51 bits per heavy atom. The summed E-state index contributed by atoms with van der Waals surface area (Å²) in [6.45, 7) is 12.2. The van der Waals surface area contributed by atoms with Gasteiger partial charge in [0.25, 0.3) is 5.89 Å². The van der Waals surface area contributed by atoms with Crippen LogP contribution in [0.2, 0.25) is 0 Å². The predicted octanol–water partition coefficient (Wildman–Crippen LogP) is 5.62. The van der Waals surface area contributed by atoms with Gasteiger partial charge in [-0.1, -0.05) is 91.5 Å². The van der Waals surface area contributed by atoms with Crippen LogP contribution in [0.15, 0.2) is 90.0 Å². The number of halogens is 1. The van der Waals surface area contributed by atoms with E-state index in [0.29, 0.717) is 30.6 Å². The maximum absolute atomic E-state index is 12.5. The first kappa shape index (κ1) is 33.5. The maximum atomic E-state index is 12.5. The number of carbonyl (C=O) groups excluding carboxylic acids is 1. The van der Waals surface area contributed by atoms with Crippen molar-refractivity contribution in [2.75, 3.05) is 25.2 Å². The SMILES string of the molecule is C=C/C=C(\C=C/C)c1nc(C[NH+]2CCC(CC)[C@@H](OC(=O)Cc3ccccc3)C2)no1.CCl.Cc1ccccc1N. The van der Waals surface area contributed by atoms with Crippen LogP contribution in [0.4, 0.5) is 5.69 Å². The van der Waals surface area contributed by atoms with E-state index in [0.717, 1.165) is 48.3 Å². The molecule has 0 radical (unpaired) electrons. The molecule has 7 nitrogen and oxygen atoms in total. The summed E-state index contributed by atoms with van der Waals surface area (Å²) < 4.78 is 11.4. The molecule has 3 aromatic rings. The molecular weight excluding hydrogens is 536 g/mol. The third-order valence-electron chi connectivity index (χ3n) is 6.84. The van der Waals surface area contributed by atoms with Gasteiger partial charge in [-0.3, -0.25) is 4.79 Å². The number of alkyl halides is 1. The Morgan fingerprint density at radius 1 is 1.20 bits per heavy atom. The summed E-state index contributed by atoms with van der Waals surface area (Å²) in [6.07, 6.45) is 11.1. The number of rotatable bonds is 9. The number of para-hydroxylation sites is 1. The van der Waals surface area contributed by atoms with Gasteiger partial charge in [0.2, 0.25) is 5.82 Å². The number of ether oxygens (including phenoxy) is 1. The largest absolute Gasteiger partial charge is 0.456 e. The third-order valence-corrected chi connectivity index (χ3v) is 6.84. The third kappa shape index (κ3) is 11.4. The van der Waals surface area contributed by atoms with Crippen molar-refractivity contribution < 1.29 is 19.0 Å². The lowest BCUT2D eigenvalue weighted by Crippen LogP contribution is -3.13. The zero-order chi connectivity index (χ0) is 30.0. The summed E-state index contributed by atoms with van der Waals surface area (Å²) in [5.74, 6) is 1.37. The molecule has 1 aliphatic rings. The number of nitrogens with one attached hydrogen (secondary N) is 1. The second kappa shape index (κ2) is 18.6. The first-order valence-electron chi connectivity index (χ1n) is 14.0. The Bertz CT molecular complexity index is 1240. The quantitative estimate of drug-likeness (QED) is 0.148. The van der Waals surface area contributed by atoms with Gasteiger partial charge in [0.15, 0.2) is 6.10 Å². The van der Waals surface area contributed by atoms with Gasteiger partial charge in [-0.15, -0.1) is 11.6 Å². The highest BCUT2D eigenvalue weighted by molar-refractivity contribution is 6.15. The smallest absolute Gasteiger partial charge is 0.310 e. The number of nitrogens with two attached hydrogens (primary N) is 1. The van der Waals surface area contributed by atoms with Crippen molar-refractivity contribution in [3.8, 4) is 0 Å². The molecule has 3 atom stereocenters. The van der Waals surface area contributed by atoms with Crippen LogP contribution in [0, 0.1) is 12.8 Å². The normalized spacial score (nSPS) is 18.5. The Hall–Kier alpha value is -3.68. The number of aryl methyl sites for hydroxylation is 1. The molecule has 2 aromatic carbocycles. The molecule has 2 unspecified atom stereocenters. The maximum Gasteiger partial charge on any atom is 0.310 e. The highest BCUT2D eigenvalue weighted by Gasteiger charge is 2.34. The van der Waals surface area contributed by atoms with Crippen LogP contribution < -0.4 is 10.6 Å². The van der Waals surface area contributed by atoms with Crippen LogP contribution in [-0.2, 0) is 22.5 Å². The van der Waals surface area contributed by atoms with Gasteiger partial charge in [-0.2, -0.15) is 4.98 Å². The number of carbonyl (C=O) groups is 1. The van der Waals surface area contributed by atoms with Gasteiger partial charge in [0.05, 0.1) is 13.0 Å². The minimum atomic E-state index is -0.164. The van der Waals surface area contributed by atoms with Crippen LogP contribution in [0.5, 0.6) is 0 Å². The van der Waals surface area contributed by atoms with Crippen molar-refractivity contribution in [1.82, 2.24) is 10.1 Å². The van der Waals surface area contributed by atoms with E-state index >= 15 is 0 Å². The standard InChI is InChI=1S/C25H31N3O3.C7H9N.CH3Cl/c1-4-10-21(11-5-2)25-26-23(27-31-25)18-28-15-14-20(6-3)22(17-28)30-24(29)16-19-12-8-7-9-13-19;1-6-4-2-3-5-7(6)8;1-2/h4-5,7-13,20,22H,1,6,14-18H2,2-3H3;2-5H,8H2,1H3;1H3/p+1/b11-5-,21-10+;;/t20?,22-;;/m0../s1. The van der Waals surface area contributed by atoms with E-state index in [1.165, 1.54) is 11.3 Å². The Morgan fingerprint density at radius 2 is 1.90 bits per heavy atom. The number of esters is 1. The van der Waals surface area contributed by atoms with Gasteiger partial charge in [0.1, 0.15) is 13.1 Å². The van der Waals surface area contributed by atoms with E-state index in [9.17, 15) is 4.79 Å². The molecule has 1 aliphatic heterocycles. The number of likely N-dealkylation sites (tertiary alicyclic amines) is 1. The number of piperidine rings is 1. The van der Waals surface area contributed by atoms with Gasteiger partial charge >= 0.3 is 5.97 Å². The van der Waals surface area contributed by atoms with Crippen molar-refractivity contribution in [2.24, 2.45) is 5.92 Å². The average molecular weight is 580 g/mol. The van der Waals surface area contributed by atoms with Gasteiger partial charge in [-0.05, 0) is 37.5 Å². The van der Waals surface area contributed by atoms with Gasteiger partial charge in [0, 0.05) is 30.0 Å². The van der Waals surface area contributed by atoms with Crippen LogP contribution in [0.1, 0.15) is 49.5 Å². The van der Waals surface area contributed by atoms with Crippen LogP contribution >= 0.6 is 11.6 Å². The molecule has 0 aliphatic carbocycles. The lowest BCUT2D eigenvalue weighted by Gasteiger charge is -2.34. The molecule has 2 heterocycles. The number of quaternary nitrogens is 1. The Balaban J connectivity index is 0.000000500. The molecule has 41 heavy (non-hydrogen) atoms. The molecule has 0 amide bonds. The fourth-order valence-corrected chi connectivity index (χ4v) is 4.63. The van der Waals surface area contributed by atoms with Crippen molar-refractivity contribution in [1.29, 1.82) is 0 Å². The van der Waals surface area contributed by atoms with E-state index in [2.05, 4.69) is 35.2 Å². The van der Waals surface area contributed by atoms with Crippen molar-refractivity contribution in [3.05, 3.63) is 108 Å². The van der Waals surface area contributed by atoms with E-state index in [1.54, 1.807) is 6.08 Å². The number of hydrogen-bond acceptors (Lipinski definition) is 6. The van der Waals surface area contributed by atoms with Crippen LogP contribution in [0.25, 0.3) is 5.57 Å². The molecule has 0 bridgehead atoms. The number of aromatic nitrogens is 2. The molecule has 1 saturated heterocycles. The summed E-state index contributed by atoms with van der Waals surface area (Å²) in [5, 5.41) is 4.15. The summed E-state index contributed by atoms with van der Waals surface area (Å²) in [4.78, 5) is 18.4. The number of benzene rings is 2. The highest BCUT2D eigenvalue weighted by Crippen LogP contribution is 2.19. The molecule has 4 rings (SSSR count). The molecule has 220 valence electrons. The number of nitrogens with zero attached hydrogens (tertiary/aromatic N) is 2. The molecule has 1 fully saturated rings. The van der Waals surface area contributed by atoms with Crippen molar-refractivity contribution in [3.63, 3.8) is 0 Å².